The highest BCUT2D eigenvalue weighted by Crippen LogP contribution is 2.29. The lowest BCUT2D eigenvalue weighted by Gasteiger charge is -2.22. The first kappa shape index (κ1) is 15.5. The molecule has 0 saturated carbocycles. The monoisotopic (exact) mass is 307 g/mol. The molecule has 2 aromatic carbocycles. The topological polar surface area (TPSA) is 37.4 Å². The molecule has 0 N–H and O–H groups in total. The maximum Gasteiger partial charge on any atom is 0.264 e. The van der Waals surface area contributed by atoms with Crippen LogP contribution in [-0.4, -0.2) is 15.5 Å². The lowest BCUT2D eigenvalue weighted by Crippen LogP contribution is -2.28. The zero-order chi connectivity index (χ0) is 15.8. The van der Waals surface area contributed by atoms with Gasteiger partial charge in [-0.15, -0.1) is 0 Å². The number of sulfonamides is 1. The number of nitrogens with zero attached hydrogens (tertiary/aromatic N) is 1. The van der Waals surface area contributed by atoms with Gasteiger partial charge in [-0.1, -0.05) is 29.8 Å². The van der Waals surface area contributed by atoms with E-state index in [1.807, 2.05) is 19.1 Å². The van der Waals surface area contributed by atoms with Crippen LogP contribution < -0.4 is 4.31 Å². The van der Waals surface area contributed by atoms with Crippen LogP contribution in [0.4, 0.5) is 10.1 Å². The molecule has 0 heterocycles. The predicted octanol–water partition coefficient (Wildman–Crippen LogP) is 3.58. The van der Waals surface area contributed by atoms with Crippen LogP contribution in [-0.2, 0) is 10.0 Å². The summed E-state index contributed by atoms with van der Waals surface area (Å²) in [4.78, 5) is 0.235. The third kappa shape index (κ3) is 2.78. The van der Waals surface area contributed by atoms with Crippen LogP contribution in [0, 0.1) is 26.6 Å². The van der Waals surface area contributed by atoms with Gasteiger partial charge in [-0.2, -0.15) is 0 Å². The highest BCUT2D eigenvalue weighted by Gasteiger charge is 2.26. The van der Waals surface area contributed by atoms with Gasteiger partial charge in [-0.05, 0) is 44.0 Å². The highest BCUT2D eigenvalue weighted by molar-refractivity contribution is 7.92. The Kier molecular flexibility index (Phi) is 4.05. The normalized spacial score (nSPS) is 11.5. The Morgan fingerprint density at radius 1 is 1.00 bits per heavy atom. The van der Waals surface area contributed by atoms with Crippen molar-refractivity contribution in [2.75, 3.05) is 11.4 Å². The van der Waals surface area contributed by atoms with Crippen molar-refractivity contribution in [3.8, 4) is 0 Å². The molecule has 0 aliphatic rings. The molecule has 112 valence electrons. The zero-order valence-electron chi connectivity index (χ0n) is 12.5. The van der Waals surface area contributed by atoms with Gasteiger partial charge in [0.25, 0.3) is 10.0 Å². The summed E-state index contributed by atoms with van der Waals surface area (Å²) in [7, 11) is -2.43. The van der Waals surface area contributed by atoms with Crippen molar-refractivity contribution < 1.29 is 12.8 Å². The maximum absolute atomic E-state index is 13.8. The quantitative estimate of drug-likeness (QED) is 0.869. The molecule has 0 saturated heterocycles. The van der Waals surface area contributed by atoms with Crippen molar-refractivity contribution in [3.05, 3.63) is 58.9 Å². The van der Waals surface area contributed by atoms with Crippen LogP contribution >= 0.6 is 0 Å². The molecule has 0 aromatic heterocycles. The van der Waals surface area contributed by atoms with Gasteiger partial charge >= 0.3 is 0 Å². The molecule has 0 aliphatic heterocycles. The van der Waals surface area contributed by atoms with E-state index in [-0.39, 0.29) is 10.6 Å². The van der Waals surface area contributed by atoms with Gasteiger partial charge in [-0.25, -0.2) is 12.8 Å². The van der Waals surface area contributed by atoms with Gasteiger partial charge in [0.15, 0.2) is 0 Å². The molecule has 0 radical (unpaired) electrons. The lowest BCUT2D eigenvalue weighted by atomic mass is 10.1. The zero-order valence-corrected chi connectivity index (χ0v) is 13.3. The van der Waals surface area contributed by atoms with Gasteiger partial charge in [-0.3, -0.25) is 4.31 Å². The Balaban J connectivity index is 2.61. The molecule has 2 aromatic rings. The molecule has 0 spiro atoms. The van der Waals surface area contributed by atoms with Gasteiger partial charge in [0.1, 0.15) is 5.82 Å². The minimum Gasteiger partial charge on any atom is -0.266 e. The average molecular weight is 307 g/mol. The van der Waals surface area contributed by atoms with Crippen LogP contribution in [0.3, 0.4) is 0 Å². The van der Waals surface area contributed by atoms with E-state index in [0.29, 0.717) is 11.1 Å². The Labute approximate surface area is 125 Å². The summed E-state index contributed by atoms with van der Waals surface area (Å²) in [5.74, 6) is -0.564. The Hall–Kier alpha value is -1.88. The molecule has 0 fully saturated rings. The molecule has 0 bridgehead atoms. The van der Waals surface area contributed by atoms with E-state index in [1.165, 1.54) is 25.2 Å². The van der Waals surface area contributed by atoms with Crippen LogP contribution in [0.15, 0.2) is 41.3 Å². The first-order valence-corrected chi connectivity index (χ1v) is 8.00. The fraction of sp³-hybridized carbons (Fsp3) is 0.250. The minimum absolute atomic E-state index is 0.0388. The second kappa shape index (κ2) is 5.48. The SMILES string of the molecule is Cc1cc(C)c(S(=O)(=O)N(C)c2ccccc2F)c(C)c1. The summed E-state index contributed by atoms with van der Waals surface area (Å²) in [6.07, 6.45) is 0. The second-order valence-electron chi connectivity index (χ2n) is 5.15. The molecule has 0 amide bonds. The summed E-state index contributed by atoms with van der Waals surface area (Å²) in [6, 6.07) is 9.47. The van der Waals surface area contributed by atoms with Crippen molar-refractivity contribution in [1.29, 1.82) is 0 Å². The molecular weight excluding hydrogens is 289 g/mol. The van der Waals surface area contributed by atoms with Crippen molar-refractivity contribution in [2.45, 2.75) is 25.7 Å². The molecule has 21 heavy (non-hydrogen) atoms. The van der Waals surface area contributed by atoms with Crippen molar-refractivity contribution in [1.82, 2.24) is 0 Å². The predicted molar refractivity (Wildman–Crippen MR) is 82.6 cm³/mol. The molecule has 3 nitrogen and oxygen atoms in total. The molecule has 2 rings (SSSR count). The van der Waals surface area contributed by atoms with E-state index in [2.05, 4.69) is 0 Å². The molecule has 0 unspecified atom stereocenters. The first-order chi connectivity index (χ1) is 9.75. The van der Waals surface area contributed by atoms with Crippen LogP contribution in [0.1, 0.15) is 16.7 Å². The highest BCUT2D eigenvalue weighted by atomic mass is 32.2. The number of benzene rings is 2. The van der Waals surface area contributed by atoms with Crippen LogP contribution in [0.5, 0.6) is 0 Å². The van der Waals surface area contributed by atoms with E-state index >= 15 is 0 Å². The van der Waals surface area contributed by atoms with Gasteiger partial charge in [0.05, 0.1) is 10.6 Å². The van der Waals surface area contributed by atoms with Crippen LogP contribution in [0.25, 0.3) is 0 Å². The van der Waals surface area contributed by atoms with Gasteiger partial charge < -0.3 is 0 Å². The van der Waals surface area contributed by atoms with Gasteiger partial charge in [0.2, 0.25) is 0 Å². The van der Waals surface area contributed by atoms with Crippen molar-refractivity contribution >= 4 is 15.7 Å². The van der Waals surface area contributed by atoms with E-state index in [4.69, 9.17) is 0 Å². The fourth-order valence-corrected chi connectivity index (χ4v) is 4.16. The van der Waals surface area contributed by atoms with Gasteiger partial charge in [0, 0.05) is 7.05 Å². The Morgan fingerprint density at radius 3 is 2.05 bits per heavy atom. The van der Waals surface area contributed by atoms with Crippen molar-refractivity contribution in [3.63, 3.8) is 0 Å². The van der Waals surface area contributed by atoms with Crippen molar-refractivity contribution in [2.24, 2.45) is 0 Å². The smallest absolute Gasteiger partial charge is 0.264 e. The number of hydrogen-bond acceptors (Lipinski definition) is 2. The lowest BCUT2D eigenvalue weighted by molar-refractivity contribution is 0.588. The maximum atomic E-state index is 13.8. The third-order valence-corrected chi connectivity index (χ3v) is 5.49. The number of hydrogen-bond donors (Lipinski definition) is 0. The number of para-hydroxylation sites is 1. The summed E-state index contributed by atoms with van der Waals surface area (Å²) in [5, 5.41) is 0. The number of halogens is 1. The summed E-state index contributed by atoms with van der Waals surface area (Å²) in [6.45, 7) is 5.42. The van der Waals surface area contributed by atoms with E-state index < -0.39 is 15.8 Å². The summed E-state index contributed by atoms with van der Waals surface area (Å²) >= 11 is 0. The molecular formula is C16H18FNO2S. The van der Waals surface area contributed by atoms with E-state index in [0.717, 1.165) is 9.87 Å². The number of aryl methyl sites for hydroxylation is 3. The number of rotatable bonds is 3. The number of anilines is 1. The van der Waals surface area contributed by atoms with E-state index in [9.17, 15) is 12.8 Å². The summed E-state index contributed by atoms with van der Waals surface area (Å²) in [5.41, 5.74) is 2.36. The third-order valence-electron chi connectivity index (χ3n) is 3.41. The minimum atomic E-state index is -3.80. The Bertz CT molecular complexity index is 762. The Morgan fingerprint density at radius 2 is 1.52 bits per heavy atom. The molecule has 0 aliphatic carbocycles. The summed E-state index contributed by atoms with van der Waals surface area (Å²) < 4.78 is 40.4. The largest absolute Gasteiger partial charge is 0.266 e. The average Bonchev–Trinajstić information content (AvgIpc) is 2.36. The second-order valence-corrected chi connectivity index (χ2v) is 7.06. The fourth-order valence-electron chi connectivity index (χ4n) is 2.55. The first-order valence-electron chi connectivity index (χ1n) is 6.56. The molecule has 0 atom stereocenters. The van der Waals surface area contributed by atoms with E-state index in [1.54, 1.807) is 19.9 Å². The standard InChI is InChI=1S/C16H18FNO2S/c1-11-9-12(2)16(13(3)10-11)21(19,20)18(4)15-8-6-5-7-14(15)17/h5-10H,1-4H3. The molecule has 5 heteroatoms. The van der Waals surface area contributed by atoms with Crippen LogP contribution in [0.2, 0.25) is 0 Å².